The van der Waals surface area contributed by atoms with Crippen molar-refractivity contribution in [1.29, 1.82) is 5.26 Å². The first-order chi connectivity index (χ1) is 14.0. The van der Waals surface area contributed by atoms with Crippen LogP contribution in [0.5, 0.6) is 0 Å². The van der Waals surface area contributed by atoms with E-state index < -0.39 is 23.0 Å². The van der Waals surface area contributed by atoms with Crippen molar-refractivity contribution in [2.75, 3.05) is 13.1 Å². The molecular weight excluding hydrogens is 425 g/mol. The Kier molecular flexibility index (Phi) is 6.49. The summed E-state index contributed by atoms with van der Waals surface area (Å²) in [7, 11) is 0. The van der Waals surface area contributed by atoms with Gasteiger partial charge in [0.25, 0.3) is 0 Å². The maximum absolute atomic E-state index is 15.3. The molecule has 1 heterocycles. The highest BCUT2D eigenvalue weighted by atomic mass is 35.5. The Morgan fingerprint density at radius 1 is 1.20 bits per heavy atom. The third-order valence-corrected chi connectivity index (χ3v) is 6.59. The summed E-state index contributed by atoms with van der Waals surface area (Å²) in [5.74, 6) is -1.68. The van der Waals surface area contributed by atoms with Gasteiger partial charge in [0.05, 0.1) is 11.1 Å². The first kappa shape index (κ1) is 23.0. The molecule has 3 rings (SSSR count). The molecule has 30 heavy (non-hydrogen) atoms. The minimum Gasteiger partial charge on any atom is -0.298 e. The molecule has 2 nitrogen and oxygen atoms in total. The summed E-state index contributed by atoms with van der Waals surface area (Å²) in [4.78, 5) is 2.16. The van der Waals surface area contributed by atoms with E-state index in [9.17, 15) is 5.26 Å². The van der Waals surface area contributed by atoms with Crippen LogP contribution >= 0.6 is 23.2 Å². The number of hydrogen-bond acceptors (Lipinski definition) is 2. The lowest BCUT2D eigenvalue weighted by molar-refractivity contribution is 0.170. The zero-order valence-corrected chi connectivity index (χ0v) is 19.2. The molecule has 1 saturated heterocycles. The van der Waals surface area contributed by atoms with Crippen molar-refractivity contribution in [3.05, 3.63) is 69.2 Å². The number of nitriles is 1. The van der Waals surface area contributed by atoms with Gasteiger partial charge in [-0.2, -0.15) is 5.26 Å². The van der Waals surface area contributed by atoms with Crippen LogP contribution in [0, 0.1) is 28.4 Å². The number of halogens is 4. The number of hydrogen-bond donors (Lipinski definition) is 0. The quantitative estimate of drug-likeness (QED) is 0.503. The van der Waals surface area contributed by atoms with E-state index in [1.165, 1.54) is 12.1 Å². The second-order valence-electron chi connectivity index (χ2n) is 9.17. The fourth-order valence-corrected chi connectivity index (χ4v) is 5.12. The Balaban J connectivity index is 2.32. The van der Waals surface area contributed by atoms with Gasteiger partial charge in [-0.1, -0.05) is 69.1 Å². The van der Waals surface area contributed by atoms with E-state index >= 15 is 8.78 Å². The molecule has 2 aromatic rings. The summed E-state index contributed by atoms with van der Waals surface area (Å²) in [5.41, 5.74) is -0.814. The van der Waals surface area contributed by atoms with Crippen molar-refractivity contribution >= 4 is 23.2 Å². The topological polar surface area (TPSA) is 27.0 Å². The van der Waals surface area contributed by atoms with Gasteiger partial charge < -0.3 is 0 Å². The predicted octanol–water partition coefficient (Wildman–Crippen LogP) is 6.96. The summed E-state index contributed by atoms with van der Waals surface area (Å²) < 4.78 is 30.4. The molecule has 160 valence electrons. The van der Waals surface area contributed by atoms with Gasteiger partial charge in [0, 0.05) is 29.1 Å². The molecule has 0 saturated carbocycles. The van der Waals surface area contributed by atoms with Gasteiger partial charge in [-0.05, 0) is 42.1 Å². The smallest absolute Gasteiger partial charge is 0.145 e. The van der Waals surface area contributed by atoms with Gasteiger partial charge >= 0.3 is 0 Å². The summed E-state index contributed by atoms with van der Waals surface area (Å²) in [6.45, 7) is 9.38. The van der Waals surface area contributed by atoms with E-state index in [2.05, 4.69) is 31.7 Å². The summed E-state index contributed by atoms with van der Waals surface area (Å²) in [5, 5.41) is 10.9. The average molecular weight is 451 g/mol. The Morgan fingerprint density at radius 2 is 1.90 bits per heavy atom. The van der Waals surface area contributed by atoms with Gasteiger partial charge in [0.15, 0.2) is 0 Å². The van der Waals surface area contributed by atoms with Crippen LogP contribution in [-0.2, 0) is 5.41 Å². The molecule has 0 N–H and O–H groups in total. The van der Waals surface area contributed by atoms with Crippen molar-refractivity contribution < 1.29 is 8.78 Å². The second-order valence-corrected chi connectivity index (χ2v) is 10.0. The van der Waals surface area contributed by atoms with Crippen LogP contribution in [0.25, 0.3) is 0 Å². The lowest BCUT2D eigenvalue weighted by atomic mass is 9.64. The Labute approximate surface area is 187 Å². The van der Waals surface area contributed by atoms with E-state index in [1.54, 1.807) is 24.3 Å². The number of benzene rings is 2. The van der Waals surface area contributed by atoms with Crippen LogP contribution in [0.2, 0.25) is 10.0 Å². The van der Waals surface area contributed by atoms with Gasteiger partial charge in [-0.3, -0.25) is 4.90 Å². The highest BCUT2D eigenvalue weighted by Gasteiger charge is 2.58. The predicted molar refractivity (Wildman–Crippen MR) is 118 cm³/mol. The maximum Gasteiger partial charge on any atom is 0.145 e. The van der Waals surface area contributed by atoms with Crippen molar-refractivity contribution in [1.82, 2.24) is 4.90 Å². The van der Waals surface area contributed by atoms with Gasteiger partial charge in [-0.15, -0.1) is 0 Å². The molecule has 2 aromatic carbocycles. The summed E-state index contributed by atoms with van der Waals surface area (Å²) in [6, 6.07) is 11.4. The van der Waals surface area contributed by atoms with E-state index in [1.807, 2.05) is 6.92 Å². The van der Waals surface area contributed by atoms with Crippen LogP contribution in [-0.4, -0.2) is 24.0 Å². The van der Waals surface area contributed by atoms with Crippen molar-refractivity contribution in [3.63, 3.8) is 0 Å². The zero-order chi connectivity index (χ0) is 22.3. The van der Waals surface area contributed by atoms with Crippen molar-refractivity contribution in [2.45, 2.75) is 51.5 Å². The minimum atomic E-state index is -1.29. The van der Waals surface area contributed by atoms with E-state index in [-0.39, 0.29) is 27.1 Å². The number of likely N-dealkylation sites (N-methyl/N-ethyl adjacent to an activating group) is 1. The van der Waals surface area contributed by atoms with Crippen molar-refractivity contribution in [2.24, 2.45) is 5.41 Å². The third kappa shape index (κ3) is 3.96. The number of rotatable bonds is 4. The summed E-state index contributed by atoms with van der Waals surface area (Å²) in [6.07, 6.45) is 0.648. The lowest BCUT2D eigenvalue weighted by Crippen LogP contribution is -2.46. The molecule has 0 amide bonds. The average Bonchev–Trinajstić information content (AvgIpc) is 2.96. The zero-order valence-electron chi connectivity index (χ0n) is 17.6. The van der Waals surface area contributed by atoms with Crippen LogP contribution in [0.1, 0.15) is 51.2 Å². The largest absolute Gasteiger partial charge is 0.298 e. The molecule has 1 aliphatic heterocycles. The SMILES string of the molecule is CCN1CC(c2cccc(Cl)c2F)[C@@](C#N)(c2ccc(Cl)cc2F)C1CC(C)(C)C. The standard InChI is InChI=1S/C24H26Cl2F2N2/c1-5-30-13-18(16-7-6-8-19(26)22(16)28)24(14-29,21(30)12-23(2,3)4)17-10-9-15(25)11-20(17)27/h6-11,18,21H,5,12-13H2,1-4H3/t18?,21?,24-/m1/s1. The van der Waals surface area contributed by atoms with E-state index in [0.29, 0.717) is 25.1 Å². The monoisotopic (exact) mass is 450 g/mol. The van der Waals surface area contributed by atoms with Crippen LogP contribution in [0.15, 0.2) is 36.4 Å². The summed E-state index contributed by atoms with van der Waals surface area (Å²) >= 11 is 12.1. The third-order valence-electron chi connectivity index (χ3n) is 6.06. The molecule has 0 bridgehead atoms. The Morgan fingerprint density at radius 3 is 2.47 bits per heavy atom. The molecule has 0 aromatic heterocycles. The molecular formula is C24H26Cl2F2N2. The van der Waals surface area contributed by atoms with Gasteiger partial charge in [0.2, 0.25) is 0 Å². The fraction of sp³-hybridized carbons (Fsp3) is 0.458. The van der Waals surface area contributed by atoms with Gasteiger partial charge in [-0.25, -0.2) is 8.78 Å². The number of nitrogens with zero attached hydrogens (tertiary/aromatic N) is 2. The van der Waals surface area contributed by atoms with Crippen LogP contribution in [0.4, 0.5) is 8.78 Å². The van der Waals surface area contributed by atoms with Crippen molar-refractivity contribution in [3.8, 4) is 6.07 Å². The minimum absolute atomic E-state index is 0.00163. The fourth-order valence-electron chi connectivity index (χ4n) is 4.78. The van der Waals surface area contributed by atoms with Crippen LogP contribution in [0.3, 0.4) is 0 Å². The molecule has 6 heteroatoms. The van der Waals surface area contributed by atoms with Gasteiger partial charge in [0.1, 0.15) is 17.0 Å². The lowest BCUT2D eigenvalue weighted by Gasteiger charge is -2.39. The highest BCUT2D eigenvalue weighted by Crippen LogP contribution is 2.53. The Bertz CT molecular complexity index is 980. The molecule has 1 fully saturated rings. The molecule has 1 aliphatic rings. The molecule has 0 aliphatic carbocycles. The normalized spacial score (nSPS) is 24.8. The highest BCUT2D eigenvalue weighted by molar-refractivity contribution is 6.31. The maximum atomic E-state index is 15.3. The second kappa shape index (κ2) is 8.46. The van der Waals surface area contributed by atoms with E-state index in [4.69, 9.17) is 23.2 Å². The molecule has 0 radical (unpaired) electrons. The first-order valence-electron chi connectivity index (χ1n) is 10.1. The molecule has 0 spiro atoms. The molecule has 2 unspecified atom stereocenters. The first-order valence-corrected chi connectivity index (χ1v) is 10.9. The van der Waals surface area contributed by atoms with E-state index in [0.717, 1.165) is 0 Å². The Hall–Kier alpha value is -1.67. The van der Waals surface area contributed by atoms with Crippen LogP contribution < -0.4 is 0 Å². The molecule has 3 atom stereocenters. The number of likely N-dealkylation sites (tertiary alicyclic amines) is 1.